The summed E-state index contributed by atoms with van der Waals surface area (Å²) in [6.07, 6.45) is 1.26. The summed E-state index contributed by atoms with van der Waals surface area (Å²) in [4.78, 5) is 26.4. The molecule has 0 aliphatic rings. The monoisotopic (exact) mass is 414 g/mol. The summed E-state index contributed by atoms with van der Waals surface area (Å²) < 4.78 is 23.0. The highest BCUT2D eigenvalue weighted by molar-refractivity contribution is 5.93. The smallest absolute Gasteiger partial charge is 0.355 e. The minimum Gasteiger partial charge on any atom is -0.471 e. The SMILES string of the molecule is CCCOC(=O)C(C)(Oc1ccccc1)C(C)(Oc1ccccc1)C(=O)OCCC. The Balaban J connectivity index is 2.54. The average Bonchev–Trinajstić information content (AvgIpc) is 2.76. The lowest BCUT2D eigenvalue weighted by Gasteiger charge is -2.41. The highest BCUT2D eigenvalue weighted by atomic mass is 16.6. The number of hydrogen-bond acceptors (Lipinski definition) is 6. The number of hydrogen-bond donors (Lipinski definition) is 0. The maximum atomic E-state index is 13.2. The molecule has 30 heavy (non-hydrogen) atoms. The molecule has 0 aliphatic carbocycles. The fraction of sp³-hybridized carbons (Fsp3) is 0.417. The van der Waals surface area contributed by atoms with Gasteiger partial charge in [-0.1, -0.05) is 50.2 Å². The molecule has 0 spiro atoms. The van der Waals surface area contributed by atoms with E-state index in [0.29, 0.717) is 24.3 Å². The number of para-hydroxylation sites is 2. The van der Waals surface area contributed by atoms with Gasteiger partial charge in [0.2, 0.25) is 0 Å². The predicted molar refractivity (Wildman–Crippen MR) is 113 cm³/mol. The highest BCUT2D eigenvalue weighted by Crippen LogP contribution is 2.35. The third-order valence-corrected chi connectivity index (χ3v) is 4.69. The molecule has 0 N–H and O–H groups in total. The van der Waals surface area contributed by atoms with Crippen LogP contribution in [0.15, 0.2) is 60.7 Å². The summed E-state index contributed by atoms with van der Waals surface area (Å²) >= 11 is 0. The van der Waals surface area contributed by atoms with Crippen LogP contribution in [0.25, 0.3) is 0 Å². The lowest BCUT2D eigenvalue weighted by Crippen LogP contribution is -2.67. The van der Waals surface area contributed by atoms with Crippen molar-refractivity contribution < 1.29 is 28.5 Å². The summed E-state index contributed by atoms with van der Waals surface area (Å²) in [5, 5.41) is 0. The van der Waals surface area contributed by atoms with E-state index < -0.39 is 23.1 Å². The van der Waals surface area contributed by atoms with Crippen LogP contribution in [0, 0.1) is 0 Å². The molecule has 0 fully saturated rings. The number of carbonyl (C=O) groups excluding carboxylic acids is 2. The topological polar surface area (TPSA) is 71.1 Å². The molecule has 2 unspecified atom stereocenters. The first kappa shape index (κ1) is 23.3. The Bertz CT molecular complexity index is 737. The Morgan fingerprint density at radius 1 is 0.667 bits per heavy atom. The standard InChI is InChI=1S/C24H30O6/c1-5-17-27-21(25)23(3,29-19-13-9-7-10-14-19)24(4,22(26)28-18-6-2)30-20-15-11-8-12-16-20/h7-16H,5-6,17-18H2,1-4H3. The molecule has 2 aromatic carbocycles. The minimum atomic E-state index is -1.82. The molecule has 0 saturated heterocycles. The van der Waals surface area contributed by atoms with Gasteiger partial charge in [-0.15, -0.1) is 0 Å². The van der Waals surface area contributed by atoms with E-state index in [0.717, 1.165) is 0 Å². The minimum absolute atomic E-state index is 0.192. The maximum Gasteiger partial charge on any atom is 0.355 e. The van der Waals surface area contributed by atoms with Gasteiger partial charge < -0.3 is 18.9 Å². The van der Waals surface area contributed by atoms with Crippen LogP contribution in [0.5, 0.6) is 11.5 Å². The van der Waals surface area contributed by atoms with Crippen LogP contribution < -0.4 is 9.47 Å². The zero-order valence-electron chi connectivity index (χ0n) is 18.1. The average molecular weight is 414 g/mol. The van der Waals surface area contributed by atoms with Crippen LogP contribution >= 0.6 is 0 Å². The molecular weight excluding hydrogens is 384 g/mol. The van der Waals surface area contributed by atoms with Crippen LogP contribution in [0.4, 0.5) is 0 Å². The first-order valence-electron chi connectivity index (χ1n) is 10.2. The Kier molecular flexibility index (Phi) is 8.27. The van der Waals surface area contributed by atoms with Crippen molar-refractivity contribution in [3.05, 3.63) is 60.7 Å². The van der Waals surface area contributed by atoms with E-state index in [9.17, 15) is 9.59 Å². The second-order valence-corrected chi connectivity index (χ2v) is 7.17. The molecule has 6 nitrogen and oxygen atoms in total. The lowest BCUT2D eigenvalue weighted by molar-refractivity contribution is -0.197. The van der Waals surface area contributed by atoms with Gasteiger partial charge in [-0.25, -0.2) is 9.59 Å². The van der Waals surface area contributed by atoms with Crippen LogP contribution in [0.2, 0.25) is 0 Å². The van der Waals surface area contributed by atoms with Crippen molar-refractivity contribution >= 4 is 11.9 Å². The van der Waals surface area contributed by atoms with Gasteiger partial charge in [0.15, 0.2) is 0 Å². The number of ether oxygens (including phenoxy) is 4. The van der Waals surface area contributed by atoms with E-state index in [-0.39, 0.29) is 13.2 Å². The first-order chi connectivity index (χ1) is 14.4. The third-order valence-electron chi connectivity index (χ3n) is 4.69. The molecule has 0 radical (unpaired) electrons. The normalized spacial score (nSPS) is 14.7. The van der Waals surface area contributed by atoms with Crippen LogP contribution in [-0.4, -0.2) is 36.4 Å². The molecule has 0 saturated carbocycles. The van der Waals surface area contributed by atoms with Gasteiger partial charge in [0, 0.05) is 0 Å². The quantitative estimate of drug-likeness (QED) is 0.502. The van der Waals surface area contributed by atoms with Crippen LogP contribution in [0.1, 0.15) is 40.5 Å². The lowest BCUT2D eigenvalue weighted by atomic mass is 9.84. The van der Waals surface area contributed by atoms with E-state index >= 15 is 0 Å². The predicted octanol–water partition coefficient (Wildman–Crippen LogP) is 4.57. The molecule has 0 aliphatic heterocycles. The molecule has 2 rings (SSSR count). The van der Waals surface area contributed by atoms with E-state index in [4.69, 9.17) is 18.9 Å². The van der Waals surface area contributed by atoms with Gasteiger partial charge in [-0.05, 0) is 51.0 Å². The zero-order chi connectivity index (χ0) is 22.0. The highest BCUT2D eigenvalue weighted by Gasteiger charge is 2.62. The Labute approximate surface area is 178 Å². The van der Waals surface area contributed by atoms with Gasteiger partial charge in [-0.3, -0.25) is 0 Å². The number of benzene rings is 2. The van der Waals surface area contributed by atoms with Crippen molar-refractivity contribution in [2.45, 2.75) is 51.7 Å². The summed E-state index contributed by atoms with van der Waals surface area (Å²) in [5.41, 5.74) is -3.63. The second-order valence-electron chi connectivity index (χ2n) is 7.17. The fourth-order valence-corrected chi connectivity index (χ4v) is 2.78. The summed E-state index contributed by atoms with van der Waals surface area (Å²) in [6, 6.07) is 17.6. The molecule has 0 amide bonds. The van der Waals surface area contributed by atoms with Gasteiger partial charge in [0.25, 0.3) is 11.2 Å². The van der Waals surface area contributed by atoms with E-state index in [1.54, 1.807) is 48.5 Å². The molecule has 162 valence electrons. The molecule has 2 atom stereocenters. The van der Waals surface area contributed by atoms with Gasteiger partial charge in [0.1, 0.15) is 11.5 Å². The van der Waals surface area contributed by atoms with Gasteiger partial charge in [-0.2, -0.15) is 0 Å². The summed E-state index contributed by atoms with van der Waals surface area (Å²) in [5.74, 6) is -0.612. The van der Waals surface area contributed by atoms with E-state index in [2.05, 4.69) is 0 Å². The van der Waals surface area contributed by atoms with Gasteiger partial charge >= 0.3 is 11.9 Å². The van der Waals surface area contributed by atoms with Crippen molar-refractivity contribution in [1.82, 2.24) is 0 Å². The Morgan fingerprint density at radius 2 is 1.00 bits per heavy atom. The number of rotatable bonds is 11. The van der Waals surface area contributed by atoms with Crippen molar-refractivity contribution in [2.24, 2.45) is 0 Å². The molecule has 0 aromatic heterocycles. The number of carbonyl (C=O) groups is 2. The van der Waals surface area contributed by atoms with Crippen molar-refractivity contribution in [3.8, 4) is 11.5 Å². The summed E-state index contributed by atoms with van der Waals surface area (Å²) in [6.45, 7) is 7.15. The second kappa shape index (κ2) is 10.7. The van der Waals surface area contributed by atoms with E-state index in [1.807, 2.05) is 26.0 Å². The molecule has 0 bridgehead atoms. The zero-order valence-corrected chi connectivity index (χ0v) is 18.1. The maximum absolute atomic E-state index is 13.2. The first-order valence-corrected chi connectivity index (χ1v) is 10.2. The Hall–Kier alpha value is -3.02. The van der Waals surface area contributed by atoms with Crippen LogP contribution in [0.3, 0.4) is 0 Å². The van der Waals surface area contributed by atoms with Crippen molar-refractivity contribution in [1.29, 1.82) is 0 Å². The van der Waals surface area contributed by atoms with Crippen molar-refractivity contribution in [2.75, 3.05) is 13.2 Å². The van der Waals surface area contributed by atoms with Gasteiger partial charge in [0.05, 0.1) is 13.2 Å². The molecule has 6 heteroatoms. The molecule has 2 aromatic rings. The number of esters is 2. The van der Waals surface area contributed by atoms with Crippen molar-refractivity contribution in [3.63, 3.8) is 0 Å². The van der Waals surface area contributed by atoms with E-state index in [1.165, 1.54) is 13.8 Å². The Morgan fingerprint density at radius 3 is 1.30 bits per heavy atom. The summed E-state index contributed by atoms with van der Waals surface area (Å²) in [7, 11) is 0. The molecule has 0 heterocycles. The van der Waals surface area contributed by atoms with Crippen LogP contribution in [-0.2, 0) is 19.1 Å². The third kappa shape index (κ3) is 5.32. The molecular formula is C24H30O6. The largest absolute Gasteiger partial charge is 0.471 e. The fourth-order valence-electron chi connectivity index (χ4n) is 2.78.